The number of carbonyl (C=O) groups excluding carboxylic acids is 1. The molecule has 0 spiro atoms. The van der Waals surface area contributed by atoms with Crippen molar-refractivity contribution in [3.63, 3.8) is 0 Å². The number of benzene rings is 1. The van der Waals surface area contributed by atoms with Crippen molar-refractivity contribution < 1.29 is 4.79 Å². The fraction of sp³-hybridized carbons (Fsp3) is 0.588. The monoisotopic (exact) mass is 272 g/mol. The first-order valence-electron chi connectivity index (χ1n) is 7.88. The number of hydrogen-bond donors (Lipinski definition) is 1. The molecule has 2 fully saturated rings. The number of amides is 1. The normalized spacial score (nSPS) is 23.4. The molecule has 1 aliphatic carbocycles. The summed E-state index contributed by atoms with van der Waals surface area (Å²) < 4.78 is 0. The molecule has 20 heavy (non-hydrogen) atoms. The van der Waals surface area contributed by atoms with Crippen LogP contribution in [0.2, 0.25) is 0 Å². The second-order valence-electron chi connectivity index (χ2n) is 6.26. The highest BCUT2D eigenvalue weighted by atomic mass is 16.2. The van der Waals surface area contributed by atoms with Gasteiger partial charge in [-0.1, -0.05) is 25.0 Å². The zero-order valence-corrected chi connectivity index (χ0v) is 12.1. The molecule has 1 aromatic carbocycles. The summed E-state index contributed by atoms with van der Waals surface area (Å²) in [5, 5.41) is 0. The summed E-state index contributed by atoms with van der Waals surface area (Å²) in [6, 6.07) is 8.21. The van der Waals surface area contributed by atoms with Crippen LogP contribution in [-0.2, 0) is 11.2 Å². The molecule has 1 amide bonds. The SMILES string of the molecule is Nc1cccc(CC(=O)N2CCCC2C2CCCC2)c1. The molecule has 0 aromatic heterocycles. The van der Waals surface area contributed by atoms with Crippen LogP contribution in [0.25, 0.3) is 0 Å². The number of hydrogen-bond acceptors (Lipinski definition) is 2. The first kappa shape index (κ1) is 13.5. The Hall–Kier alpha value is -1.51. The third-order valence-electron chi connectivity index (χ3n) is 4.87. The topological polar surface area (TPSA) is 46.3 Å². The van der Waals surface area contributed by atoms with Gasteiger partial charge < -0.3 is 10.6 Å². The minimum atomic E-state index is 0.282. The third-order valence-corrected chi connectivity index (χ3v) is 4.87. The van der Waals surface area contributed by atoms with Gasteiger partial charge in [-0.3, -0.25) is 4.79 Å². The molecule has 1 atom stereocenters. The van der Waals surface area contributed by atoms with Crippen molar-refractivity contribution in [3.05, 3.63) is 29.8 Å². The van der Waals surface area contributed by atoms with E-state index in [1.54, 1.807) is 0 Å². The Morgan fingerprint density at radius 3 is 2.75 bits per heavy atom. The summed E-state index contributed by atoms with van der Waals surface area (Å²) in [6.07, 6.45) is 8.18. The van der Waals surface area contributed by atoms with Crippen molar-refractivity contribution in [2.75, 3.05) is 12.3 Å². The molecule has 0 radical (unpaired) electrons. The van der Waals surface area contributed by atoms with Gasteiger partial charge in [0.15, 0.2) is 0 Å². The maximum absolute atomic E-state index is 12.6. The second-order valence-corrected chi connectivity index (χ2v) is 6.26. The Morgan fingerprint density at radius 1 is 1.20 bits per heavy atom. The number of rotatable bonds is 3. The van der Waals surface area contributed by atoms with Gasteiger partial charge in [-0.25, -0.2) is 0 Å². The van der Waals surface area contributed by atoms with E-state index in [1.165, 1.54) is 38.5 Å². The summed E-state index contributed by atoms with van der Waals surface area (Å²) in [7, 11) is 0. The van der Waals surface area contributed by atoms with Gasteiger partial charge in [0.2, 0.25) is 5.91 Å². The highest BCUT2D eigenvalue weighted by Crippen LogP contribution is 2.35. The zero-order valence-electron chi connectivity index (χ0n) is 12.1. The first-order valence-corrected chi connectivity index (χ1v) is 7.88. The Kier molecular flexibility index (Phi) is 3.95. The van der Waals surface area contributed by atoms with Crippen molar-refractivity contribution in [2.45, 2.75) is 51.0 Å². The maximum Gasteiger partial charge on any atom is 0.227 e. The van der Waals surface area contributed by atoms with Gasteiger partial charge in [-0.15, -0.1) is 0 Å². The average Bonchev–Trinajstić information content (AvgIpc) is 3.09. The van der Waals surface area contributed by atoms with E-state index in [1.807, 2.05) is 24.3 Å². The summed E-state index contributed by atoms with van der Waals surface area (Å²) in [6.45, 7) is 0.947. The van der Waals surface area contributed by atoms with E-state index >= 15 is 0 Å². The Bertz CT molecular complexity index is 480. The van der Waals surface area contributed by atoms with Crippen molar-refractivity contribution >= 4 is 11.6 Å². The molecule has 2 N–H and O–H groups in total. The largest absolute Gasteiger partial charge is 0.399 e. The Labute approximate surface area is 121 Å². The quantitative estimate of drug-likeness (QED) is 0.860. The van der Waals surface area contributed by atoms with Crippen LogP contribution in [0, 0.1) is 5.92 Å². The highest BCUT2D eigenvalue weighted by molar-refractivity contribution is 5.79. The van der Waals surface area contributed by atoms with E-state index < -0.39 is 0 Å². The highest BCUT2D eigenvalue weighted by Gasteiger charge is 2.35. The molecular formula is C17H24N2O. The molecule has 3 heteroatoms. The van der Waals surface area contributed by atoms with Gasteiger partial charge in [0, 0.05) is 18.3 Å². The van der Waals surface area contributed by atoms with Crippen LogP contribution in [0.3, 0.4) is 0 Å². The summed E-state index contributed by atoms with van der Waals surface area (Å²) in [4.78, 5) is 14.7. The molecule has 1 unspecified atom stereocenters. The van der Waals surface area contributed by atoms with Crippen LogP contribution in [0.1, 0.15) is 44.1 Å². The van der Waals surface area contributed by atoms with E-state index in [4.69, 9.17) is 5.73 Å². The molecule has 0 bridgehead atoms. The summed E-state index contributed by atoms with van der Waals surface area (Å²) >= 11 is 0. The minimum absolute atomic E-state index is 0.282. The summed E-state index contributed by atoms with van der Waals surface area (Å²) in [5.41, 5.74) is 7.56. The molecule has 1 saturated carbocycles. The fourth-order valence-corrected chi connectivity index (χ4v) is 3.91. The minimum Gasteiger partial charge on any atom is -0.399 e. The van der Waals surface area contributed by atoms with Crippen molar-refractivity contribution in [1.29, 1.82) is 0 Å². The van der Waals surface area contributed by atoms with Gasteiger partial charge in [0.25, 0.3) is 0 Å². The number of anilines is 1. The van der Waals surface area contributed by atoms with E-state index in [0.29, 0.717) is 12.5 Å². The van der Waals surface area contributed by atoms with E-state index in [-0.39, 0.29) is 5.91 Å². The lowest BCUT2D eigenvalue weighted by Gasteiger charge is -2.29. The second kappa shape index (κ2) is 5.86. The van der Waals surface area contributed by atoms with Crippen LogP contribution in [0.15, 0.2) is 24.3 Å². The molecule has 1 aliphatic heterocycles. The molecule has 1 aromatic rings. The Balaban J connectivity index is 1.66. The van der Waals surface area contributed by atoms with Crippen LogP contribution >= 0.6 is 0 Å². The molecular weight excluding hydrogens is 248 g/mol. The predicted molar refractivity (Wildman–Crippen MR) is 81.3 cm³/mol. The average molecular weight is 272 g/mol. The number of carbonyl (C=O) groups is 1. The van der Waals surface area contributed by atoms with Crippen LogP contribution in [0.5, 0.6) is 0 Å². The lowest BCUT2D eigenvalue weighted by molar-refractivity contribution is -0.132. The number of nitrogen functional groups attached to an aromatic ring is 1. The third kappa shape index (κ3) is 2.82. The van der Waals surface area contributed by atoms with E-state index in [9.17, 15) is 4.79 Å². The lowest BCUT2D eigenvalue weighted by Crippen LogP contribution is -2.40. The van der Waals surface area contributed by atoms with E-state index in [2.05, 4.69) is 4.90 Å². The van der Waals surface area contributed by atoms with Crippen molar-refractivity contribution in [1.82, 2.24) is 4.90 Å². The summed E-state index contributed by atoms with van der Waals surface area (Å²) in [5.74, 6) is 1.03. The lowest BCUT2D eigenvalue weighted by atomic mass is 9.95. The number of nitrogens with zero attached hydrogens (tertiary/aromatic N) is 1. The van der Waals surface area contributed by atoms with Gasteiger partial charge in [0.1, 0.15) is 0 Å². The molecule has 108 valence electrons. The van der Waals surface area contributed by atoms with Gasteiger partial charge in [0.05, 0.1) is 6.42 Å². The van der Waals surface area contributed by atoms with Crippen molar-refractivity contribution in [3.8, 4) is 0 Å². The molecule has 3 nitrogen and oxygen atoms in total. The smallest absolute Gasteiger partial charge is 0.227 e. The molecule has 1 heterocycles. The van der Waals surface area contributed by atoms with Crippen LogP contribution < -0.4 is 5.73 Å². The maximum atomic E-state index is 12.6. The van der Waals surface area contributed by atoms with Gasteiger partial charge >= 0.3 is 0 Å². The number of likely N-dealkylation sites (tertiary alicyclic amines) is 1. The Morgan fingerprint density at radius 2 is 2.00 bits per heavy atom. The van der Waals surface area contributed by atoms with E-state index in [0.717, 1.165) is 23.7 Å². The molecule has 1 saturated heterocycles. The van der Waals surface area contributed by atoms with Crippen LogP contribution in [-0.4, -0.2) is 23.4 Å². The number of nitrogens with two attached hydrogens (primary N) is 1. The van der Waals surface area contributed by atoms with Gasteiger partial charge in [-0.2, -0.15) is 0 Å². The van der Waals surface area contributed by atoms with Crippen LogP contribution in [0.4, 0.5) is 5.69 Å². The fourth-order valence-electron chi connectivity index (χ4n) is 3.91. The first-order chi connectivity index (χ1) is 9.74. The molecule has 3 rings (SSSR count). The van der Waals surface area contributed by atoms with Crippen molar-refractivity contribution in [2.24, 2.45) is 5.92 Å². The predicted octanol–water partition coefficient (Wildman–Crippen LogP) is 2.99. The molecule has 2 aliphatic rings. The standard InChI is InChI=1S/C17H24N2O/c18-15-8-3-5-13(11-15)12-17(20)19-10-4-9-16(19)14-6-1-2-7-14/h3,5,8,11,14,16H,1-2,4,6-7,9-10,12,18H2. The van der Waals surface area contributed by atoms with Gasteiger partial charge in [-0.05, 0) is 49.3 Å². The zero-order chi connectivity index (χ0) is 13.9.